The molecule has 1 aromatic carbocycles. The predicted molar refractivity (Wildman–Crippen MR) is 134 cm³/mol. The first-order valence-corrected chi connectivity index (χ1v) is 11.2. The van der Waals surface area contributed by atoms with Gasteiger partial charge in [-0.15, -0.1) is 0 Å². The lowest BCUT2D eigenvalue weighted by atomic mass is 10.2. The molecular formula is C23H26N6O5S. The van der Waals surface area contributed by atoms with Crippen molar-refractivity contribution in [2.24, 2.45) is 0 Å². The third-order valence-corrected chi connectivity index (χ3v) is 5.36. The molecule has 0 saturated heterocycles. The summed E-state index contributed by atoms with van der Waals surface area (Å²) in [4.78, 5) is 36.5. The standard InChI is InChI=1S/C23H26N6O5S/c1-5-21(31)33-11-9-29(10-12-34-22(32)6-2)17-7-8-19(20(13-17)25-16(4)30)26-27-23-18(14-24)15(3)28-35-23/h5-8,13,26-27H,1-2,9-12H2,3-4H3,(H,25,30). The molecule has 0 bridgehead atoms. The fourth-order valence-electron chi connectivity index (χ4n) is 2.84. The second-order valence-corrected chi connectivity index (χ2v) is 7.75. The van der Waals surface area contributed by atoms with Gasteiger partial charge in [-0.05, 0) is 36.7 Å². The lowest BCUT2D eigenvalue weighted by molar-refractivity contribution is -0.137. The smallest absolute Gasteiger partial charge is 0.330 e. The molecule has 0 radical (unpaired) electrons. The lowest BCUT2D eigenvalue weighted by Crippen LogP contribution is -2.32. The number of anilines is 4. The number of nitrogens with one attached hydrogen (secondary N) is 3. The monoisotopic (exact) mass is 498 g/mol. The van der Waals surface area contributed by atoms with Gasteiger partial charge in [0.2, 0.25) is 5.91 Å². The molecule has 0 aliphatic rings. The molecule has 1 aromatic heterocycles. The largest absolute Gasteiger partial charge is 0.461 e. The van der Waals surface area contributed by atoms with Crippen LogP contribution in [0.1, 0.15) is 18.2 Å². The summed E-state index contributed by atoms with van der Waals surface area (Å²) in [7, 11) is 0. The maximum atomic E-state index is 11.8. The molecule has 0 fully saturated rings. The van der Waals surface area contributed by atoms with Gasteiger partial charge in [0.15, 0.2) is 0 Å². The zero-order valence-corrected chi connectivity index (χ0v) is 20.2. The number of esters is 2. The molecule has 0 spiro atoms. The Hall–Kier alpha value is -4.37. The number of carbonyl (C=O) groups is 3. The molecule has 35 heavy (non-hydrogen) atoms. The number of rotatable bonds is 13. The van der Waals surface area contributed by atoms with Gasteiger partial charge < -0.3 is 19.7 Å². The number of hydrogen-bond donors (Lipinski definition) is 3. The van der Waals surface area contributed by atoms with E-state index >= 15 is 0 Å². The fourth-order valence-corrected chi connectivity index (χ4v) is 3.54. The SMILES string of the molecule is C=CC(=O)OCCN(CCOC(=O)C=C)c1ccc(NNc2snc(C)c2C#N)c(NC(C)=O)c1. The average Bonchev–Trinajstić information content (AvgIpc) is 3.20. The van der Waals surface area contributed by atoms with Crippen molar-refractivity contribution in [3.63, 3.8) is 0 Å². The van der Waals surface area contributed by atoms with E-state index < -0.39 is 11.9 Å². The van der Waals surface area contributed by atoms with Crippen LogP contribution in [0, 0.1) is 18.3 Å². The van der Waals surface area contributed by atoms with Crippen molar-refractivity contribution in [3.05, 3.63) is 54.8 Å². The molecule has 2 aromatic rings. The van der Waals surface area contributed by atoms with Crippen molar-refractivity contribution in [1.82, 2.24) is 4.37 Å². The van der Waals surface area contributed by atoms with E-state index in [2.05, 4.69) is 39.8 Å². The minimum Gasteiger partial charge on any atom is -0.461 e. The normalized spacial score (nSPS) is 9.86. The summed E-state index contributed by atoms with van der Waals surface area (Å²) in [5.41, 5.74) is 8.66. The second kappa shape index (κ2) is 13.4. The molecule has 1 heterocycles. The van der Waals surface area contributed by atoms with Crippen LogP contribution in [-0.4, -0.2) is 48.5 Å². The number of benzene rings is 1. The van der Waals surface area contributed by atoms with Crippen LogP contribution in [0.4, 0.5) is 22.1 Å². The van der Waals surface area contributed by atoms with Crippen LogP contribution in [0.2, 0.25) is 0 Å². The minimum absolute atomic E-state index is 0.0684. The maximum Gasteiger partial charge on any atom is 0.330 e. The number of nitriles is 1. The second-order valence-electron chi connectivity index (χ2n) is 6.98. The summed E-state index contributed by atoms with van der Waals surface area (Å²) in [5, 5.41) is 12.6. The Bertz CT molecular complexity index is 1110. The number of carbonyl (C=O) groups excluding carboxylic acids is 3. The Balaban J connectivity index is 2.25. The molecule has 0 unspecified atom stereocenters. The molecule has 11 nitrogen and oxygen atoms in total. The molecule has 3 N–H and O–H groups in total. The Morgan fingerprint density at radius 2 is 1.74 bits per heavy atom. The first-order chi connectivity index (χ1) is 16.8. The van der Waals surface area contributed by atoms with Crippen molar-refractivity contribution in [2.75, 3.05) is 47.4 Å². The van der Waals surface area contributed by atoms with Crippen molar-refractivity contribution < 1.29 is 23.9 Å². The van der Waals surface area contributed by atoms with E-state index in [1.807, 2.05) is 4.90 Å². The van der Waals surface area contributed by atoms with Crippen molar-refractivity contribution in [2.45, 2.75) is 13.8 Å². The van der Waals surface area contributed by atoms with Crippen molar-refractivity contribution in [3.8, 4) is 6.07 Å². The van der Waals surface area contributed by atoms with Gasteiger partial charge in [0.25, 0.3) is 0 Å². The first kappa shape index (κ1) is 26.9. The fraction of sp³-hybridized carbons (Fsp3) is 0.261. The van der Waals surface area contributed by atoms with Crippen LogP contribution in [0.25, 0.3) is 0 Å². The average molecular weight is 499 g/mol. The molecule has 0 saturated carbocycles. The summed E-state index contributed by atoms with van der Waals surface area (Å²) in [6, 6.07) is 7.33. The number of ether oxygens (including phenoxy) is 2. The Morgan fingerprint density at radius 1 is 1.11 bits per heavy atom. The van der Waals surface area contributed by atoms with Gasteiger partial charge in [0, 0.05) is 24.8 Å². The van der Waals surface area contributed by atoms with Gasteiger partial charge in [-0.25, -0.2) is 9.59 Å². The highest BCUT2D eigenvalue weighted by atomic mass is 32.1. The van der Waals surface area contributed by atoms with Crippen molar-refractivity contribution in [1.29, 1.82) is 5.26 Å². The quantitative estimate of drug-likeness (QED) is 0.214. The van der Waals surface area contributed by atoms with E-state index in [-0.39, 0.29) is 19.1 Å². The minimum atomic E-state index is -0.553. The molecule has 1 amide bonds. The molecule has 0 aliphatic carbocycles. The number of amides is 1. The van der Waals surface area contributed by atoms with Gasteiger partial charge in [-0.2, -0.15) is 9.64 Å². The van der Waals surface area contributed by atoms with Gasteiger partial charge in [-0.3, -0.25) is 15.6 Å². The van der Waals surface area contributed by atoms with Gasteiger partial charge in [0.05, 0.1) is 30.2 Å². The highest BCUT2D eigenvalue weighted by Crippen LogP contribution is 2.30. The number of hydrazine groups is 1. The van der Waals surface area contributed by atoms with Crippen LogP contribution < -0.4 is 21.1 Å². The van der Waals surface area contributed by atoms with Crippen LogP contribution in [0.3, 0.4) is 0 Å². The Labute approximate surface area is 207 Å². The number of aryl methyl sites for hydroxylation is 1. The zero-order valence-electron chi connectivity index (χ0n) is 19.4. The van der Waals surface area contributed by atoms with E-state index in [1.165, 1.54) is 6.92 Å². The maximum absolute atomic E-state index is 11.8. The molecule has 2 rings (SSSR count). The van der Waals surface area contributed by atoms with Crippen LogP contribution in [0.15, 0.2) is 43.5 Å². The van der Waals surface area contributed by atoms with Crippen molar-refractivity contribution >= 4 is 51.4 Å². The lowest BCUT2D eigenvalue weighted by Gasteiger charge is -2.26. The summed E-state index contributed by atoms with van der Waals surface area (Å²) in [5.74, 6) is -1.40. The van der Waals surface area contributed by atoms with Crippen LogP contribution in [0.5, 0.6) is 0 Å². The highest BCUT2D eigenvalue weighted by Gasteiger charge is 2.14. The van der Waals surface area contributed by atoms with E-state index in [0.29, 0.717) is 46.4 Å². The molecule has 184 valence electrons. The Morgan fingerprint density at radius 3 is 2.29 bits per heavy atom. The predicted octanol–water partition coefficient (Wildman–Crippen LogP) is 2.99. The third kappa shape index (κ3) is 8.17. The zero-order chi connectivity index (χ0) is 25.8. The molecular weight excluding hydrogens is 472 g/mol. The molecule has 0 atom stereocenters. The van der Waals surface area contributed by atoms with Gasteiger partial charge >= 0.3 is 11.9 Å². The number of aromatic nitrogens is 1. The van der Waals surface area contributed by atoms with E-state index in [4.69, 9.17) is 9.47 Å². The van der Waals surface area contributed by atoms with Crippen LogP contribution >= 0.6 is 11.5 Å². The van der Waals surface area contributed by atoms with E-state index in [1.54, 1.807) is 25.1 Å². The topological polar surface area (TPSA) is 146 Å². The summed E-state index contributed by atoms with van der Waals surface area (Å²) in [6.45, 7) is 10.6. The summed E-state index contributed by atoms with van der Waals surface area (Å²) < 4.78 is 14.3. The number of hydrogen-bond acceptors (Lipinski definition) is 11. The summed E-state index contributed by atoms with van der Waals surface area (Å²) >= 11 is 1.14. The van der Waals surface area contributed by atoms with E-state index in [9.17, 15) is 19.6 Å². The van der Waals surface area contributed by atoms with Gasteiger partial charge in [-0.1, -0.05) is 13.2 Å². The number of nitrogens with zero attached hydrogens (tertiary/aromatic N) is 3. The molecule has 0 aliphatic heterocycles. The summed E-state index contributed by atoms with van der Waals surface area (Å²) in [6.07, 6.45) is 2.14. The van der Waals surface area contributed by atoms with E-state index in [0.717, 1.165) is 23.7 Å². The third-order valence-electron chi connectivity index (χ3n) is 4.51. The highest BCUT2D eigenvalue weighted by molar-refractivity contribution is 7.10. The van der Waals surface area contributed by atoms with Gasteiger partial charge in [0.1, 0.15) is 29.8 Å². The first-order valence-electron chi connectivity index (χ1n) is 10.4. The Kier molecular flexibility index (Phi) is 10.3. The van der Waals surface area contributed by atoms with Crippen LogP contribution in [-0.2, 0) is 23.9 Å². The molecule has 12 heteroatoms.